The molecule has 0 N–H and O–H groups in total. The lowest BCUT2D eigenvalue weighted by Crippen LogP contribution is -2.61. The summed E-state index contributed by atoms with van der Waals surface area (Å²) in [6.45, 7) is 10.6. The molecule has 2 nitrogen and oxygen atoms in total. The number of anilines is 5. The highest BCUT2D eigenvalue weighted by Crippen LogP contribution is 2.42. The van der Waals surface area contributed by atoms with Crippen molar-refractivity contribution in [3.8, 4) is 11.1 Å². The number of benzene rings is 5. The first kappa shape index (κ1) is 26.5. The van der Waals surface area contributed by atoms with Gasteiger partial charge in [-0.15, -0.1) is 0 Å². The number of hydrogen-bond acceptors (Lipinski definition) is 2. The van der Waals surface area contributed by atoms with Crippen molar-refractivity contribution in [3.05, 3.63) is 146 Å². The molecule has 2 aliphatic heterocycles. The van der Waals surface area contributed by atoms with E-state index in [2.05, 4.69) is 165 Å². The number of rotatable bonds is 4. The van der Waals surface area contributed by atoms with Crippen molar-refractivity contribution >= 4 is 51.5 Å². The van der Waals surface area contributed by atoms with Gasteiger partial charge in [-0.1, -0.05) is 118 Å². The first-order chi connectivity index (χ1) is 20.2. The Morgan fingerprint density at radius 1 is 0.659 bits per heavy atom. The summed E-state index contributed by atoms with van der Waals surface area (Å²) in [5.74, 6) is 0. The minimum Gasteiger partial charge on any atom is -0.312 e. The van der Waals surface area contributed by atoms with Crippen molar-refractivity contribution < 1.29 is 0 Å². The van der Waals surface area contributed by atoms with E-state index in [1.807, 2.05) is 6.08 Å². The summed E-state index contributed by atoms with van der Waals surface area (Å²) in [6, 6.07) is 43.9. The van der Waals surface area contributed by atoms with E-state index in [1.54, 1.807) is 0 Å². The molecule has 5 aromatic carbocycles. The molecule has 0 aromatic heterocycles. The molecule has 2 aliphatic rings. The summed E-state index contributed by atoms with van der Waals surface area (Å²) in [5, 5.41) is 0. The summed E-state index contributed by atoms with van der Waals surface area (Å²) >= 11 is 0. The van der Waals surface area contributed by atoms with Gasteiger partial charge in [0.15, 0.2) is 0 Å². The molecule has 0 unspecified atom stereocenters. The van der Waals surface area contributed by atoms with E-state index < -0.39 is 0 Å². The molecular formula is C38H35BN2. The summed E-state index contributed by atoms with van der Waals surface area (Å²) in [7, 11) is 0. The van der Waals surface area contributed by atoms with E-state index in [1.165, 1.54) is 56.7 Å². The minimum absolute atomic E-state index is 0.154. The highest BCUT2D eigenvalue weighted by atomic mass is 15.2. The van der Waals surface area contributed by atoms with Crippen LogP contribution >= 0.6 is 0 Å². The number of hydrogen-bond donors (Lipinski definition) is 0. The van der Waals surface area contributed by atoms with Crippen LogP contribution in [-0.2, 0) is 0 Å². The van der Waals surface area contributed by atoms with Gasteiger partial charge in [0.2, 0.25) is 0 Å². The summed E-state index contributed by atoms with van der Waals surface area (Å²) in [4.78, 5) is 4.80. The molecule has 0 fully saturated rings. The molecule has 2 heterocycles. The highest BCUT2D eigenvalue weighted by Gasteiger charge is 2.42. The normalized spacial score (nSPS) is 13.0. The van der Waals surface area contributed by atoms with Crippen LogP contribution in [0.5, 0.6) is 0 Å². The molecule has 0 bridgehead atoms. The average Bonchev–Trinajstić information content (AvgIpc) is 3.03. The van der Waals surface area contributed by atoms with Crippen molar-refractivity contribution in [1.29, 1.82) is 0 Å². The predicted molar refractivity (Wildman–Crippen MR) is 180 cm³/mol. The zero-order chi connectivity index (χ0) is 28.3. The predicted octanol–water partition coefficient (Wildman–Crippen LogP) is 8.61. The molecule has 41 heavy (non-hydrogen) atoms. The Kier molecular flexibility index (Phi) is 7.35. The third-order valence-electron chi connectivity index (χ3n) is 7.78. The van der Waals surface area contributed by atoms with Crippen molar-refractivity contribution in [1.82, 2.24) is 0 Å². The second kappa shape index (κ2) is 11.4. The van der Waals surface area contributed by atoms with Gasteiger partial charge in [-0.2, -0.15) is 0 Å². The molecule has 3 heteroatoms. The molecule has 0 amide bonds. The minimum atomic E-state index is 0.154. The second-order valence-corrected chi connectivity index (χ2v) is 10.5. The van der Waals surface area contributed by atoms with E-state index in [-0.39, 0.29) is 6.71 Å². The van der Waals surface area contributed by atoms with Crippen LogP contribution in [0.15, 0.2) is 146 Å². The van der Waals surface area contributed by atoms with Crippen molar-refractivity contribution in [3.63, 3.8) is 0 Å². The number of fused-ring (bicyclic) bond motifs is 4. The van der Waals surface area contributed by atoms with Crippen LogP contribution in [0.1, 0.15) is 27.2 Å². The number of allylic oxidation sites excluding steroid dienone is 2. The Morgan fingerprint density at radius 2 is 1.22 bits per heavy atom. The highest BCUT2D eigenvalue weighted by molar-refractivity contribution is 7.00. The lowest BCUT2D eigenvalue weighted by molar-refractivity contribution is 1.09. The SMILES string of the molecule is C=C/C(=C\C)N1c2ccccc2B2c3ccccc3N(c3cccc(-c4ccccc4)c3)c3cccc1c32.CCC. The number of nitrogens with zero attached hydrogens (tertiary/aromatic N) is 2. The van der Waals surface area contributed by atoms with E-state index in [0.29, 0.717) is 0 Å². The van der Waals surface area contributed by atoms with Gasteiger partial charge in [-0.05, 0) is 76.9 Å². The van der Waals surface area contributed by atoms with Crippen LogP contribution < -0.4 is 26.2 Å². The largest absolute Gasteiger partial charge is 0.312 e. The fourth-order valence-electron chi connectivity index (χ4n) is 6.19. The fourth-order valence-corrected chi connectivity index (χ4v) is 6.19. The molecule has 7 rings (SSSR count). The molecule has 0 radical (unpaired) electrons. The zero-order valence-electron chi connectivity index (χ0n) is 24.1. The van der Waals surface area contributed by atoms with Gasteiger partial charge < -0.3 is 9.80 Å². The summed E-state index contributed by atoms with van der Waals surface area (Å²) in [5.41, 5.74) is 13.5. The van der Waals surface area contributed by atoms with Crippen LogP contribution in [0, 0.1) is 0 Å². The van der Waals surface area contributed by atoms with E-state index in [0.717, 1.165) is 11.4 Å². The van der Waals surface area contributed by atoms with Gasteiger partial charge in [0.25, 0.3) is 6.71 Å². The summed E-state index contributed by atoms with van der Waals surface area (Å²) < 4.78 is 0. The molecule has 0 spiro atoms. The van der Waals surface area contributed by atoms with Gasteiger partial charge in [0.1, 0.15) is 0 Å². The maximum atomic E-state index is 4.15. The van der Waals surface area contributed by atoms with Gasteiger partial charge in [-0.3, -0.25) is 0 Å². The smallest absolute Gasteiger partial charge is 0.252 e. The first-order valence-electron chi connectivity index (χ1n) is 14.6. The summed E-state index contributed by atoms with van der Waals surface area (Å²) in [6.07, 6.45) is 5.34. The maximum Gasteiger partial charge on any atom is 0.252 e. The third-order valence-corrected chi connectivity index (χ3v) is 7.78. The quantitative estimate of drug-likeness (QED) is 0.166. The molecule has 0 atom stereocenters. The van der Waals surface area contributed by atoms with E-state index in [9.17, 15) is 0 Å². The Bertz CT molecular complexity index is 1740. The van der Waals surface area contributed by atoms with Crippen molar-refractivity contribution in [2.24, 2.45) is 0 Å². The first-order valence-corrected chi connectivity index (χ1v) is 14.6. The van der Waals surface area contributed by atoms with Crippen molar-refractivity contribution in [2.45, 2.75) is 27.2 Å². The van der Waals surface area contributed by atoms with Gasteiger partial charge in [0, 0.05) is 34.1 Å². The zero-order valence-corrected chi connectivity index (χ0v) is 24.1. The maximum absolute atomic E-state index is 4.15. The van der Waals surface area contributed by atoms with Gasteiger partial charge in [0.05, 0.1) is 0 Å². The standard InChI is InChI=1S/C35H27BN2.C3H8/c1-3-27(4-2)37-31-20-10-8-18-29(31)36-30-19-9-11-21-32(30)38(34-23-13-22-33(37)35(34)36)28-17-12-16-26(24-28)25-14-6-5-7-15-25;1-3-2/h3-24H,1H2,2H3;3H2,1-2H3/b27-4+;. The Morgan fingerprint density at radius 3 is 1.93 bits per heavy atom. The second-order valence-electron chi connectivity index (χ2n) is 10.5. The van der Waals surface area contributed by atoms with Crippen LogP contribution in [0.3, 0.4) is 0 Å². The third kappa shape index (κ3) is 4.48. The Balaban J connectivity index is 0.000000967. The lowest BCUT2D eigenvalue weighted by atomic mass is 9.33. The Labute approximate surface area is 245 Å². The molecule has 200 valence electrons. The lowest BCUT2D eigenvalue weighted by Gasteiger charge is -2.44. The fraction of sp³-hybridized carbons (Fsp3) is 0.105. The van der Waals surface area contributed by atoms with Crippen LogP contribution in [0.25, 0.3) is 11.1 Å². The van der Waals surface area contributed by atoms with E-state index in [4.69, 9.17) is 0 Å². The van der Waals surface area contributed by atoms with Gasteiger partial charge >= 0.3 is 0 Å². The van der Waals surface area contributed by atoms with Crippen LogP contribution in [0.2, 0.25) is 0 Å². The monoisotopic (exact) mass is 530 g/mol. The molecule has 5 aromatic rings. The average molecular weight is 531 g/mol. The molecular weight excluding hydrogens is 495 g/mol. The van der Waals surface area contributed by atoms with Gasteiger partial charge in [-0.25, -0.2) is 0 Å². The topological polar surface area (TPSA) is 6.48 Å². The van der Waals surface area contributed by atoms with E-state index >= 15 is 0 Å². The number of para-hydroxylation sites is 2. The van der Waals surface area contributed by atoms with Crippen LogP contribution in [-0.4, -0.2) is 6.71 Å². The van der Waals surface area contributed by atoms with Crippen molar-refractivity contribution in [2.75, 3.05) is 9.80 Å². The van der Waals surface area contributed by atoms with Crippen LogP contribution in [0.4, 0.5) is 28.4 Å². The molecule has 0 saturated carbocycles. The molecule has 0 aliphatic carbocycles. The Hall–Kier alpha value is -4.76. The molecule has 0 saturated heterocycles.